The van der Waals surface area contributed by atoms with E-state index in [1.165, 1.54) is 11.1 Å². The van der Waals surface area contributed by atoms with E-state index < -0.39 is 0 Å². The number of nitrogen functional groups attached to an aromatic ring is 1. The standard InChI is InChI=1S/C16H16N4/c1-10-4-3-5-13(11(10)2)15-14(16(17)20-19-15)12-6-8-18-9-7-12/h3-9H,1-2H3,(H3,17,19,20). The third-order valence-corrected chi connectivity index (χ3v) is 3.64. The van der Waals surface area contributed by atoms with Crippen LogP contribution >= 0.6 is 0 Å². The van der Waals surface area contributed by atoms with E-state index in [9.17, 15) is 0 Å². The normalized spacial score (nSPS) is 10.7. The van der Waals surface area contributed by atoms with Gasteiger partial charge in [0.1, 0.15) is 0 Å². The lowest BCUT2D eigenvalue weighted by Gasteiger charge is -2.09. The summed E-state index contributed by atoms with van der Waals surface area (Å²) in [6.07, 6.45) is 3.52. The molecule has 0 radical (unpaired) electrons. The monoisotopic (exact) mass is 264 g/mol. The number of aryl methyl sites for hydroxylation is 1. The van der Waals surface area contributed by atoms with Gasteiger partial charge in [-0.25, -0.2) is 0 Å². The summed E-state index contributed by atoms with van der Waals surface area (Å²) >= 11 is 0. The fraction of sp³-hybridized carbons (Fsp3) is 0.125. The van der Waals surface area contributed by atoms with Crippen LogP contribution in [0, 0.1) is 13.8 Å². The topological polar surface area (TPSA) is 67.6 Å². The van der Waals surface area contributed by atoms with Crippen molar-refractivity contribution in [2.75, 3.05) is 5.73 Å². The zero-order valence-corrected chi connectivity index (χ0v) is 11.5. The zero-order valence-electron chi connectivity index (χ0n) is 11.5. The molecule has 100 valence electrons. The smallest absolute Gasteiger partial charge is 0.153 e. The first kappa shape index (κ1) is 12.4. The SMILES string of the molecule is Cc1cccc(-c2[nH]nc(N)c2-c2ccncc2)c1C. The van der Waals surface area contributed by atoms with Crippen molar-refractivity contribution in [3.63, 3.8) is 0 Å². The lowest BCUT2D eigenvalue weighted by Crippen LogP contribution is -1.91. The predicted molar refractivity (Wildman–Crippen MR) is 81.1 cm³/mol. The molecule has 20 heavy (non-hydrogen) atoms. The van der Waals surface area contributed by atoms with Gasteiger partial charge in [0, 0.05) is 18.0 Å². The highest BCUT2D eigenvalue weighted by molar-refractivity contribution is 5.88. The quantitative estimate of drug-likeness (QED) is 0.746. The van der Waals surface area contributed by atoms with Crippen molar-refractivity contribution in [1.82, 2.24) is 15.2 Å². The van der Waals surface area contributed by atoms with Crippen LogP contribution in [0.1, 0.15) is 11.1 Å². The number of anilines is 1. The van der Waals surface area contributed by atoms with Gasteiger partial charge in [0.05, 0.1) is 11.3 Å². The molecule has 0 fully saturated rings. The Kier molecular flexibility index (Phi) is 2.99. The number of nitrogens with two attached hydrogens (primary N) is 1. The molecule has 1 aromatic carbocycles. The number of aromatic nitrogens is 3. The van der Waals surface area contributed by atoms with E-state index in [-0.39, 0.29) is 0 Å². The number of hydrogen-bond donors (Lipinski definition) is 2. The van der Waals surface area contributed by atoms with E-state index in [4.69, 9.17) is 5.73 Å². The summed E-state index contributed by atoms with van der Waals surface area (Å²) in [6, 6.07) is 10.1. The highest BCUT2D eigenvalue weighted by atomic mass is 15.2. The van der Waals surface area contributed by atoms with Gasteiger partial charge in [0.15, 0.2) is 5.82 Å². The molecular formula is C16H16N4. The van der Waals surface area contributed by atoms with Crippen molar-refractivity contribution in [1.29, 1.82) is 0 Å². The van der Waals surface area contributed by atoms with Gasteiger partial charge < -0.3 is 5.73 Å². The second-order valence-corrected chi connectivity index (χ2v) is 4.84. The molecule has 0 spiro atoms. The van der Waals surface area contributed by atoms with E-state index >= 15 is 0 Å². The average Bonchev–Trinajstić information content (AvgIpc) is 2.84. The van der Waals surface area contributed by atoms with Crippen LogP contribution in [0.4, 0.5) is 5.82 Å². The maximum absolute atomic E-state index is 6.04. The Hall–Kier alpha value is -2.62. The fourth-order valence-corrected chi connectivity index (χ4v) is 2.38. The number of nitrogens with one attached hydrogen (secondary N) is 1. The van der Waals surface area contributed by atoms with Crippen molar-refractivity contribution < 1.29 is 0 Å². The van der Waals surface area contributed by atoms with E-state index in [1.54, 1.807) is 12.4 Å². The highest BCUT2D eigenvalue weighted by Crippen LogP contribution is 2.36. The molecule has 2 aromatic heterocycles. The molecular weight excluding hydrogens is 248 g/mol. The lowest BCUT2D eigenvalue weighted by molar-refractivity contribution is 1.10. The number of benzene rings is 1. The first-order valence-corrected chi connectivity index (χ1v) is 6.49. The van der Waals surface area contributed by atoms with Gasteiger partial charge in [-0.05, 0) is 42.7 Å². The predicted octanol–water partition coefficient (Wildman–Crippen LogP) is 3.34. The minimum atomic E-state index is 0.507. The molecule has 0 aliphatic rings. The molecule has 3 aromatic rings. The summed E-state index contributed by atoms with van der Waals surface area (Å²) < 4.78 is 0. The van der Waals surface area contributed by atoms with E-state index in [0.29, 0.717) is 5.82 Å². The molecule has 0 unspecified atom stereocenters. The first-order valence-electron chi connectivity index (χ1n) is 6.49. The van der Waals surface area contributed by atoms with Crippen LogP contribution in [-0.4, -0.2) is 15.2 Å². The summed E-state index contributed by atoms with van der Waals surface area (Å²) in [5.41, 5.74) is 12.5. The van der Waals surface area contributed by atoms with Crippen LogP contribution in [0.25, 0.3) is 22.4 Å². The minimum absolute atomic E-state index is 0.507. The minimum Gasteiger partial charge on any atom is -0.382 e. The zero-order chi connectivity index (χ0) is 14.1. The van der Waals surface area contributed by atoms with Crippen LogP contribution < -0.4 is 5.73 Å². The molecule has 0 amide bonds. The van der Waals surface area contributed by atoms with Crippen molar-refractivity contribution in [3.05, 3.63) is 53.9 Å². The van der Waals surface area contributed by atoms with Gasteiger partial charge in [-0.3, -0.25) is 10.1 Å². The summed E-state index contributed by atoms with van der Waals surface area (Å²) in [7, 11) is 0. The lowest BCUT2D eigenvalue weighted by atomic mass is 9.96. The molecule has 0 aliphatic carbocycles. The average molecular weight is 264 g/mol. The number of hydrogen-bond acceptors (Lipinski definition) is 3. The Morgan fingerprint density at radius 1 is 1.05 bits per heavy atom. The van der Waals surface area contributed by atoms with Gasteiger partial charge >= 0.3 is 0 Å². The largest absolute Gasteiger partial charge is 0.382 e. The molecule has 2 heterocycles. The molecule has 0 saturated carbocycles. The maximum atomic E-state index is 6.04. The first-order chi connectivity index (χ1) is 9.68. The van der Waals surface area contributed by atoms with Crippen molar-refractivity contribution >= 4 is 5.82 Å². The second-order valence-electron chi connectivity index (χ2n) is 4.84. The number of nitrogens with zero attached hydrogens (tertiary/aromatic N) is 2. The number of aromatic amines is 1. The van der Waals surface area contributed by atoms with Crippen LogP contribution in [0.3, 0.4) is 0 Å². The second kappa shape index (κ2) is 4.81. The Labute approximate surface area is 117 Å². The van der Waals surface area contributed by atoms with E-state index in [0.717, 1.165) is 22.4 Å². The van der Waals surface area contributed by atoms with E-state index in [2.05, 4.69) is 41.2 Å². The van der Waals surface area contributed by atoms with Crippen LogP contribution in [0.15, 0.2) is 42.7 Å². The Morgan fingerprint density at radius 3 is 2.55 bits per heavy atom. The number of H-pyrrole nitrogens is 1. The van der Waals surface area contributed by atoms with Crippen molar-refractivity contribution in [3.8, 4) is 22.4 Å². The number of rotatable bonds is 2. The molecule has 0 bridgehead atoms. The van der Waals surface area contributed by atoms with Crippen molar-refractivity contribution in [2.24, 2.45) is 0 Å². The van der Waals surface area contributed by atoms with Gasteiger partial charge in [0.2, 0.25) is 0 Å². The molecule has 4 heteroatoms. The van der Waals surface area contributed by atoms with Crippen LogP contribution in [0.2, 0.25) is 0 Å². The molecule has 3 rings (SSSR count). The molecule has 0 atom stereocenters. The Balaban J connectivity index is 2.24. The molecule has 4 nitrogen and oxygen atoms in total. The molecule has 0 aliphatic heterocycles. The molecule has 3 N–H and O–H groups in total. The fourth-order valence-electron chi connectivity index (χ4n) is 2.38. The summed E-state index contributed by atoms with van der Waals surface area (Å²) in [6.45, 7) is 4.21. The van der Waals surface area contributed by atoms with Gasteiger partial charge in [-0.1, -0.05) is 18.2 Å². The summed E-state index contributed by atoms with van der Waals surface area (Å²) in [5.74, 6) is 0.507. The summed E-state index contributed by atoms with van der Waals surface area (Å²) in [4.78, 5) is 4.05. The van der Waals surface area contributed by atoms with Crippen molar-refractivity contribution in [2.45, 2.75) is 13.8 Å². The van der Waals surface area contributed by atoms with Gasteiger partial charge in [-0.2, -0.15) is 5.10 Å². The maximum Gasteiger partial charge on any atom is 0.153 e. The third kappa shape index (κ3) is 1.95. The Bertz CT molecular complexity index is 744. The van der Waals surface area contributed by atoms with Gasteiger partial charge in [-0.15, -0.1) is 0 Å². The number of pyridine rings is 1. The Morgan fingerprint density at radius 2 is 1.80 bits per heavy atom. The van der Waals surface area contributed by atoms with Crippen LogP contribution in [0.5, 0.6) is 0 Å². The highest BCUT2D eigenvalue weighted by Gasteiger charge is 2.16. The third-order valence-electron chi connectivity index (χ3n) is 3.64. The summed E-state index contributed by atoms with van der Waals surface area (Å²) in [5, 5.41) is 7.23. The van der Waals surface area contributed by atoms with Crippen LogP contribution in [-0.2, 0) is 0 Å². The van der Waals surface area contributed by atoms with E-state index in [1.807, 2.05) is 18.2 Å². The molecule has 0 saturated heterocycles. The van der Waals surface area contributed by atoms with Gasteiger partial charge in [0.25, 0.3) is 0 Å².